The molecule has 9 heteroatoms. The highest BCUT2D eigenvalue weighted by molar-refractivity contribution is 9.10. The number of aliphatic hydroxyl groups excluding tert-OH is 1. The van der Waals surface area contributed by atoms with Crippen LogP contribution in [0.3, 0.4) is 0 Å². The molecule has 4 rings (SSSR count). The molecule has 0 saturated heterocycles. The second kappa shape index (κ2) is 10.7. The molecular formula is C26H23BrN2O6. The predicted molar refractivity (Wildman–Crippen MR) is 133 cm³/mol. The Balaban J connectivity index is 1.43. The van der Waals surface area contributed by atoms with Gasteiger partial charge in [0, 0.05) is 34.7 Å². The molecule has 1 aliphatic carbocycles. The van der Waals surface area contributed by atoms with E-state index in [1.165, 1.54) is 12.1 Å². The summed E-state index contributed by atoms with van der Waals surface area (Å²) in [5, 5.41) is 23.2. The highest BCUT2D eigenvalue weighted by atomic mass is 79.9. The van der Waals surface area contributed by atoms with Gasteiger partial charge in [-0.15, -0.1) is 0 Å². The van der Waals surface area contributed by atoms with E-state index in [-0.39, 0.29) is 31.1 Å². The number of rotatable bonds is 8. The molecule has 2 amide bonds. The van der Waals surface area contributed by atoms with E-state index in [2.05, 4.69) is 38.7 Å². The number of nitrogens with one attached hydrogen (secondary N) is 2. The van der Waals surface area contributed by atoms with Crippen molar-refractivity contribution < 1.29 is 29.3 Å². The van der Waals surface area contributed by atoms with Crippen LogP contribution in [0, 0.1) is 0 Å². The van der Waals surface area contributed by atoms with Crippen LogP contribution in [0.2, 0.25) is 0 Å². The number of carbonyl (C=O) groups excluding carboxylic acids is 2. The van der Waals surface area contributed by atoms with Gasteiger partial charge in [-0.3, -0.25) is 10.1 Å². The monoisotopic (exact) mass is 538 g/mol. The minimum atomic E-state index is -1.25. The van der Waals surface area contributed by atoms with E-state index in [0.29, 0.717) is 10.2 Å². The minimum Gasteiger partial charge on any atom is -0.480 e. The third kappa shape index (κ3) is 5.52. The van der Waals surface area contributed by atoms with Crippen LogP contribution in [-0.4, -0.2) is 47.4 Å². The quantitative estimate of drug-likeness (QED) is 0.337. The molecule has 0 saturated carbocycles. The van der Waals surface area contributed by atoms with Crippen LogP contribution in [0.1, 0.15) is 33.8 Å². The Hall–Kier alpha value is -3.69. The van der Waals surface area contributed by atoms with Gasteiger partial charge in [0.2, 0.25) is 0 Å². The topological polar surface area (TPSA) is 125 Å². The molecule has 1 aliphatic rings. The maximum Gasteiger partial charge on any atom is 0.411 e. The normalized spacial score (nSPS) is 12.9. The molecule has 1 atom stereocenters. The molecule has 4 N–H and O–H groups in total. The standard InChI is InChI=1S/C26H23BrN2O6/c27-16-11-15(24(31)29-23(9-10-30)25(32)33)12-17(13-16)28-26(34)35-14-22-20-7-3-1-5-18(20)19-6-2-4-8-21(19)22/h1-8,11-13,22-23,30H,9-10,14H2,(H,28,34)(H,29,31)(H,32,33). The van der Waals surface area contributed by atoms with Crippen LogP contribution in [-0.2, 0) is 9.53 Å². The zero-order chi connectivity index (χ0) is 24.9. The number of amides is 2. The van der Waals surface area contributed by atoms with Crippen LogP contribution in [0.25, 0.3) is 11.1 Å². The molecular weight excluding hydrogens is 516 g/mol. The Kier molecular flexibility index (Phi) is 7.48. The first-order chi connectivity index (χ1) is 16.9. The van der Waals surface area contributed by atoms with Crippen molar-refractivity contribution in [3.05, 3.63) is 87.9 Å². The molecule has 0 bridgehead atoms. The average Bonchev–Trinajstić information content (AvgIpc) is 3.15. The molecule has 0 radical (unpaired) electrons. The predicted octanol–water partition coefficient (Wildman–Crippen LogP) is 4.38. The van der Waals surface area contributed by atoms with E-state index in [0.717, 1.165) is 22.3 Å². The maximum atomic E-state index is 12.6. The van der Waals surface area contributed by atoms with Gasteiger partial charge in [-0.05, 0) is 40.5 Å². The second-order valence-corrected chi connectivity index (χ2v) is 8.97. The van der Waals surface area contributed by atoms with Crippen molar-refractivity contribution in [2.45, 2.75) is 18.4 Å². The molecule has 3 aromatic carbocycles. The lowest BCUT2D eigenvalue weighted by molar-refractivity contribution is -0.139. The van der Waals surface area contributed by atoms with Gasteiger partial charge in [0.05, 0.1) is 0 Å². The van der Waals surface area contributed by atoms with Gasteiger partial charge >= 0.3 is 12.1 Å². The lowest BCUT2D eigenvalue weighted by Gasteiger charge is -2.16. The minimum absolute atomic E-state index is 0.0866. The number of halogens is 1. The average molecular weight is 539 g/mol. The van der Waals surface area contributed by atoms with Crippen molar-refractivity contribution in [1.29, 1.82) is 0 Å². The maximum absolute atomic E-state index is 12.6. The third-order valence-corrected chi connectivity index (χ3v) is 6.23. The van der Waals surface area contributed by atoms with Crippen LogP contribution < -0.4 is 10.6 Å². The number of fused-ring (bicyclic) bond motifs is 3. The van der Waals surface area contributed by atoms with E-state index in [4.69, 9.17) is 9.84 Å². The van der Waals surface area contributed by atoms with E-state index in [1.54, 1.807) is 6.07 Å². The summed E-state index contributed by atoms with van der Waals surface area (Å²) in [4.78, 5) is 36.4. The molecule has 0 fully saturated rings. The molecule has 0 heterocycles. The SMILES string of the molecule is O=C(Nc1cc(Br)cc(C(=O)NC(CCO)C(=O)O)c1)OCC1c2ccccc2-c2ccccc21. The summed E-state index contributed by atoms with van der Waals surface area (Å²) in [6.45, 7) is -0.243. The van der Waals surface area contributed by atoms with E-state index >= 15 is 0 Å². The van der Waals surface area contributed by atoms with Crippen molar-refractivity contribution >= 4 is 39.6 Å². The molecule has 180 valence electrons. The molecule has 0 spiro atoms. The lowest BCUT2D eigenvalue weighted by atomic mass is 9.98. The van der Waals surface area contributed by atoms with Gasteiger partial charge < -0.3 is 20.3 Å². The molecule has 35 heavy (non-hydrogen) atoms. The Labute approximate surface area is 210 Å². The van der Waals surface area contributed by atoms with Crippen molar-refractivity contribution in [3.8, 4) is 11.1 Å². The van der Waals surface area contributed by atoms with E-state index in [9.17, 15) is 19.5 Å². The third-order valence-electron chi connectivity index (χ3n) is 5.77. The second-order valence-electron chi connectivity index (χ2n) is 8.06. The first-order valence-electron chi connectivity index (χ1n) is 10.9. The first-order valence-corrected chi connectivity index (χ1v) is 11.7. The fraction of sp³-hybridized carbons (Fsp3) is 0.192. The molecule has 8 nitrogen and oxygen atoms in total. The van der Waals surface area contributed by atoms with Crippen LogP contribution in [0.4, 0.5) is 10.5 Å². The number of hydrogen-bond donors (Lipinski definition) is 4. The molecule has 1 unspecified atom stereocenters. The Morgan fingerprint density at radius 3 is 2.20 bits per heavy atom. The fourth-order valence-corrected chi connectivity index (χ4v) is 4.67. The number of carboxylic acid groups (broad SMARTS) is 1. The number of carboxylic acids is 1. The van der Waals surface area contributed by atoms with Crippen molar-refractivity contribution in [2.75, 3.05) is 18.5 Å². The largest absolute Gasteiger partial charge is 0.480 e. The fourth-order valence-electron chi connectivity index (χ4n) is 4.17. The number of carbonyl (C=O) groups is 3. The molecule has 3 aromatic rings. The van der Waals surface area contributed by atoms with Crippen molar-refractivity contribution in [3.63, 3.8) is 0 Å². The molecule has 0 aromatic heterocycles. The Bertz CT molecular complexity index is 1230. The summed E-state index contributed by atoms with van der Waals surface area (Å²) >= 11 is 3.30. The number of benzene rings is 3. The zero-order valence-corrected chi connectivity index (χ0v) is 20.1. The Morgan fingerprint density at radius 2 is 1.60 bits per heavy atom. The number of aliphatic carboxylic acids is 1. The summed E-state index contributed by atoms with van der Waals surface area (Å²) < 4.78 is 6.05. The number of aliphatic hydroxyl groups is 1. The van der Waals surface area contributed by atoms with Gasteiger partial charge in [0.15, 0.2) is 0 Å². The summed E-state index contributed by atoms with van der Waals surface area (Å²) in [5.74, 6) is -1.99. The van der Waals surface area contributed by atoms with Crippen molar-refractivity contribution in [2.24, 2.45) is 0 Å². The summed E-state index contributed by atoms with van der Waals surface area (Å²) in [6.07, 6.45) is -0.806. The van der Waals surface area contributed by atoms with Crippen LogP contribution in [0.15, 0.2) is 71.2 Å². The van der Waals surface area contributed by atoms with Gasteiger partial charge in [-0.2, -0.15) is 0 Å². The lowest BCUT2D eigenvalue weighted by Crippen LogP contribution is -2.41. The van der Waals surface area contributed by atoms with Gasteiger partial charge in [-0.1, -0.05) is 64.5 Å². The van der Waals surface area contributed by atoms with Gasteiger partial charge in [0.1, 0.15) is 12.6 Å². The summed E-state index contributed by atoms with van der Waals surface area (Å²) in [7, 11) is 0. The van der Waals surface area contributed by atoms with Gasteiger partial charge in [-0.25, -0.2) is 9.59 Å². The number of ether oxygens (including phenoxy) is 1. The smallest absolute Gasteiger partial charge is 0.411 e. The zero-order valence-electron chi connectivity index (χ0n) is 18.5. The van der Waals surface area contributed by atoms with Crippen LogP contribution >= 0.6 is 15.9 Å². The molecule has 0 aliphatic heterocycles. The number of hydrogen-bond acceptors (Lipinski definition) is 5. The van der Waals surface area contributed by atoms with E-state index < -0.39 is 24.0 Å². The highest BCUT2D eigenvalue weighted by Crippen LogP contribution is 2.44. The Morgan fingerprint density at radius 1 is 0.971 bits per heavy atom. The summed E-state index contributed by atoms with van der Waals surface area (Å²) in [6, 6.07) is 19.3. The summed E-state index contributed by atoms with van der Waals surface area (Å²) in [5.41, 5.74) is 4.88. The van der Waals surface area contributed by atoms with Crippen molar-refractivity contribution in [1.82, 2.24) is 5.32 Å². The number of anilines is 1. The highest BCUT2D eigenvalue weighted by Gasteiger charge is 2.29. The van der Waals surface area contributed by atoms with Gasteiger partial charge in [0.25, 0.3) is 5.91 Å². The van der Waals surface area contributed by atoms with Crippen LogP contribution in [0.5, 0.6) is 0 Å². The first kappa shape index (κ1) is 24.4. The van der Waals surface area contributed by atoms with E-state index in [1.807, 2.05) is 36.4 Å².